The zero-order valence-corrected chi connectivity index (χ0v) is 12.3. The summed E-state index contributed by atoms with van der Waals surface area (Å²) in [6.07, 6.45) is 3.86. The standard InChI is InChI=1S/C7H14O2.C7H12O2/c2*1-7(2,3)5-4-6(8)9/h4-5H2,1-3H3,(H,8,9);4-5H,1-3H3,(H,8,9)/b;5-4+. The Labute approximate surface area is 110 Å². The Bertz CT molecular complexity index is 290. The fraction of sp³-hybridized carbons (Fsp3) is 0.714. The maximum atomic E-state index is 10.0. The van der Waals surface area contributed by atoms with Gasteiger partial charge in [-0.2, -0.15) is 0 Å². The van der Waals surface area contributed by atoms with Gasteiger partial charge in [0.2, 0.25) is 0 Å². The molecule has 0 saturated carbocycles. The van der Waals surface area contributed by atoms with Crippen LogP contribution in [0.15, 0.2) is 12.2 Å². The van der Waals surface area contributed by atoms with Crippen molar-refractivity contribution in [2.75, 3.05) is 0 Å². The highest BCUT2D eigenvalue weighted by molar-refractivity contribution is 5.79. The Hall–Kier alpha value is -1.32. The van der Waals surface area contributed by atoms with E-state index in [1.54, 1.807) is 6.08 Å². The van der Waals surface area contributed by atoms with Crippen LogP contribution >= 0.6 is 0 Å². The van der Waals surface area contributed by atoms with Gasteiger partial charge in [-0.3, -0.25) is 4.79 Å². The van der Waals surface area contributed by atoms with E-state index in [0.717, 1.165) is 6.42 Å². The summed E-state index contributed by atoms with van der Waals surface area (Å²) in [5.74, 6) is -1.59. The first-order valence-electron chi connectivity index (χ1n) is 5.97. The number of hydrogen-bond acceptors (Lipinski definition) is 2. The van der Waals surface area contributed by atoms with Gasteiger partial charge in [-0.25, -0.2) is 4.79 Å². The molecule has 0 aromatic carbocycles. The van der Waals surface area contributed by atoms with E-state index in [9.17, 15) is 9.59 Å². The summed E-state index contributed by atoms with van der Waals surface area (Å²) in [6.45, 7) is 12.0. The van der Waals surface area contributed by atoms with Crippen molar-refractivity contribution in [2.45, 2.75) is 54.4 Å². The first kappa shape index (κ1) is 19.0. The van der Waals surface area contributed by atoms with E-state index >= 15 is 0 Å². The number of aliphatic carboxylic acids is 2. The van der Waals surface area contributed by atoms with Crippen LogP contribution in [-0.4, -0.2) is 22.2 Å². The van der Waals surface area contributed by atoms with Gasteiger partial charge in [0.1, 0.15) is 0 Å². The van der Waals surface area contributed by atoms with Crippen LogP contribution in [0.5, 0.6) is 0 Å². The predicted octanol–water partition coefficient (Wildman–Crippen LogP) is 3.57. The molecular weight excluding hydrogens is 232 g/mol. The van der Waals surface area contributed by atoms with Gasteiger partial charge in [-0.1, -0.05) is 47.6 Å². The van der Waals surface area contributed by atoms with Crippen molar-refractivity contribution in [3.63, 3.8) is 0 Å². The third-order valence-corrected chi connectivity index (χ3v) is 1.81. The largest absolute Gasteiger partial charge is 0.481 e. The van der Waals surface area contributed by atoms with Crippen molar-refractivity contribution in [3.8, 4) is 0 Å². The highest BCUT2D eigenvalue weighted by atomic mass is 16.4. The van der Waals surface area contributed by atoms with Crippen molar-refractivity contribution < 1.29 is 19.8 Å². The van der Waals surface area contributed by atoms with Gasteiger partial charge in [-0.05, 0) is 17.3 Å². The minimum Gasteiger partial charge on any atom is -0.481 e. The molecular formula is C14H26O4. The average Bonchev–Trinajstić information content (AvgIpc) is 2.10. The summed E-state index contributed by atoms with van der Waals surface area (Å²) in [5, 5.41) is 16.5. The number of allylic oxidation sites excluding steroid dienone is 1. The molecule has 0 aromatic heterocycles. The first-order chi connectivity index (χ1) is 7.83. The van der Waals surface area contributed by atoms with Gasteiger partial charge in [-0.15, -0.1) is 0 Å². The zero-order chi connectivity index (χ0) is 15.0. The minimum atomic E-state index is -0.884. The normalized spacial score (nSPS) is 11.9. The number of hydrogen-bond donors (Lipinski definition) is 2. The van der Waals surface area contributed by atoms with Gasteiger partial charge in [0.15, 0.2) is 0 Å². The summed E-state index contributed by atoms with van der Waals surface area (Å²) in [5.41, 5.74) is 0.122. The molecule has 0 spiro atoms. The Balaban J connectivity index is 0. The minimum absolute atomic E-state index is 0.0294. The van der Waals surface area contributed by atoms with Gasteiger partial charge in [0.05, 0.1) is 0 Å². The van der Waals surface area contributed by atoms with Crippen molar-refractivity contribution >= 4 is 11.9 Å². The summed E-state index contributed by atoms with van der Waals surface area (Å²) >= 11 is 0. The number of carbonyl (C=O) groups is 2. The summed E-state index contributed by atoms with van der Waals surface area (Å²) in [4.78, 5) is 20.0. The molecule has 2 N–H and O–H groups in total. The molecule has 0 unspecified atom stereocenters. The topological polar surface area (TPSA) is 74.6 Å². The maximum absolute atomic E-state index is 10.0. The molecule has 0 fully saturated rings. The van der Waals surface area contributed by atoms with Gasteiger partial charge in [0.25, 0.3) is 0 Å². The van der Waals surface area contributed by atoms with Crippen molar-refractivity contribution in [1.82, 2.24) is 0 Å². The zero-order valence-electron chi connectivity index (χ0n) is 12.3. The smallest absolute Gasteiger partial charge is 0.327 e. The van der Waals surface area contributed by atoms with Crippen LogP contribution in [0.4, 0.5) is 0 Å². The van der Waals surface area contributed by atoms with E-state index in [2.05, 4.69) is 0 Å². The summed E-state index contributed by atoms with van der Waals surface area (Å²) < 4.78 is 0. The van der Waals surface area contributed by atoms with Crippen LogP contribution in [0, 0.1) is 10.8 Å². The predicted molar refractivity (Wildman–Crippen MR) is 72.6 cm³/mol. The molecule has 0 aromatic rings. The fourth-order valence-corrected chi connectivity index (χ4v) is 0.803. The number of rotatable bonds is 3. The van der Waals surface area contributed by atoms with Gasteiger partial charge < -0.3 is 10.2 Å². The quantitative estimate of drug-likeness (QED) is 0.759. The maximum Gasteiger partial charge on any atom is 0.327 e. The molecule has 0 heterocycles. The lowest BCUT2D eigenvalue weighted by molar-refractivity contribution is -0.137. The first-order valence-corrected chi connectivity index (χ1v) is 5.97. The van der Waals surface area contributed by atoms with Crippen LogP contribution in [0.2, 0.25) is 0 Å². The lowest BCUT2D eigenvalue weighted by Gasteiger charge is -2.15. The average molecular weight is 258 g/mol. The van der Waals surface area contributed by atoms with Crippen molar-refractivity contribution in [3.05, 3.63) is 12.2 Å². The molecule has 18 heavy (non-hydrogen) atoms. The number of carboxylic acids is 2. The molecule has 0 bridgehead atoms. The Morgan fingerprint density at radius 3 is 1.56 bits per heavy atom. The Kier molecular flexibility index (Phi) is 8.35. The summed E-state index contributed by atoms with van der Waals surface area (Å²) in [6, 6.07) is 0. The van der Waals surface area contributed by atoms with E-state index in [4.69, 9.17) is 10.2 Å². The Morgan fingerprint density at radius 2 is 1.44 bits per heavy atom. The van der Waals surface area contributed by atoms with E-state index < -0.39 is 11.9 Å². The molecule has 0 atom stereocenters. The van der Waals surface area contributed by atoms with E-state index in [0.29, 0.717) is 0 Å². The molecule has 106 valence electrons. The number of carboxylic acid groups (broad SMARTS) is 2. The van der Waals surface area contributed by atoms with Crippen molar-refractivity contribution in [1.29, 1.82) is 0 Å². The fourth-order valence-electron chi connectivity index (χ4n) is 0.803. The van der Waals surface area contributed by atoms with Crippen LogP contribution in [0.25, 0.3) is 0 Å². The van der Waals surface area contributed by atoms with Crippen LogP contribution in [0.1, 0.15) is 54.4 Å². The van der Waals surface area contributed by atoms with E-state index in [1.165, 1.54) is 6.08 Å². The second-order valence-corrected chi connectivity index (χ2v) is 6.49. The lowest BCUT2D eigenvalue weighted by atomic mass is 9.91. The Morgan fingerprint density at radius 1 is 1.00 bits per heavy atom. The SMILES string of the molecule is CC(C)(C)/C=C/C(=O)O.CC(C)(C)CCC(=O)O. The van der Waals surface area contributed by atoms with Gasteiger partial charge in [0, 0.05) is 12.5 Å². The second-order valence-electron chi connectivity index (χ2n) is 6.49. The highest BCUT2D eigenvalue weighted by Gasteiger charge is 2.11. The monoisotopic (exact) mass is 258 g/mol. The van der Waals surface area contributed by atoms with Crippen LogP contribution in [-0.2, 0) is 9.59 Å². The molecule has 0 amide bonds. The van der Waals surface area contributed by atoms with E-state index in [-0.39, 0.29) is 17.3 Å². The third kappa shape index (κ3) is 24.1. The third-order valence-electron chi connectivity index (χ3n) is 1.81. The second kappa shape index (κ2) is 7.90. The van der Waals surface area contributed by atoms with Gasteiger partial charge >= 0.3 is 11.9 Å². The molecule has 0 aliphatic rings. The summed E-state index contributed by atoms with van der Waals surface area (Å²) in [7, 11) is 0. The molecule has 0 aliphatic carbocycles. The molecule has 0 rings (SSSR count). The van der Waals surface area contributed by atoms with Crippen LogP contribution < -0.4 is 0 Å². The lowest BCUT2D eigenvalue weighted by Crippen LogP contribution is -2.07. The van der Waals surface area contributed by atoms with Crippen LogP contribution in [0.3, 0.4) is 0 Å². The molecule has 0 saturated heterocycles. The highest BCUT2D eigenvalue weighted by Crippen LogP contribution is 2.19. The molecule has 4 heteroatoms. The molecule has 4 nitrogen and oxygen atoms in total. The molecule has 0 radical (unpaired) electrons. The molecule has 0 aliphatic heterocycles. The van der Waals surface area contributed by atoms with Crippen molar-refractivity contribution in [2.24, 2.45) is 10.8 Å². The van der Waals surface area contributed by atoms with E-state index in [1.807, 2.05) is 41.5 Å².